The first-order valence-electron chi connectivity index (χ1n) is 9.09. The highest BCUT2D eigenvalue weighted by Crippen LogP contribution is 2.41. The predicted molar refractivity (Wildman–Crippen MR) is 105 cm³/mol. The van der Waals surface area contributed by atoms with Crippen LogP contribution in [0.3, 0.4) is 0 Å². The number of para-hydroxylation sites is 1. The number of aryl methyl sites for hydroxylation is 1. The molecule has 0 atom stereocenters. The standard InChI is InChI=1S/C22H22N2O4/c1-15-6-3-4-8-18(15)28-22-17(7-5-9-24-22)13-23-12-16-10-19(25-2)21-20(11-16)26-14-27-21/h3-11,23H,12-14H2,1-2H3. The summed E-state index contributed by atoms with van der Waals surface area (Å²) in [6.45, 7) is 3.50. The zero-order valence-electron chi connectivity index (χ0n) is 15.9. The van der Waals surface area contributed by atoms with Gasteiger partial charge >= 0.3 is 0 Å². The van der Waals surface area contributed by atoms with Crippen LogP contribution >= 0.6 is 0 Å². The molecule has 0 saturated carbocycles. The molecule has 0 spiro atoms. The van der Waals surface area contributed by atoms with E-state index in [1.165, 1.54) is 0 Å². The molecule has 0 bridgehead atoms. The lowest BCUT2D eigenvalue weighted by molar-refractivity contribution is 0.171. The Kier molecular flexibility index (Phi) is 5.30. The summed E-state index contributed by atoms with van der Waals surface area (Å²) in [5, 5.41) is 3.43. The van der Waals surface area contributed by atoms with Gasteiger partial charge in [-0.05, 0) is 42.3 Å². The van der Waals surface area contributed by atoms with Crippen molar-refractivity contribution in [3.63, 3.8) is 0 Å². The predicted octanol–water partition coefficient (Wildman–Crippen LogP) is 4.21. The van der Waals surface area contributed by atoms with E-state index < -0.39 is 0 Å². The van der Waals surface area contributed by atoms with Gasteiger partial charge in [0, 0.05) is 24.8 Å². The maximum absolute atomic E-state index is 6.03. The number of fused-ring (bicyclic) bond motifs is 1. The smallest absolute Gasteiger partial charge is 0.231 e. The van der Waals surface area contributed by atoms with Crippen LogP contribution in [0.4, 0.5) is 0 Å². The van der Waals surface area contributed by atoms with Gasteiger partial charge in [0.1, 0.15) is 5.75 Å². The second-order valence-electron chi connectivity index (χ2n) is 6.47. The third kappa shape index (κ3) is 3.87. The second kappa shape index (κ2) is 8.19. The fraction of sp³-hybridized carbons (Fsp3) is 0.227. The van der Waals surface area contributed by atoms with Crippen molar-refractivity contribution >= 4 is 0 Å². The van der Waals surface area contributed by atoms with Gasteiger partial charge in [0.05, 0.1) is 7.11 Å². The molecule has 0 aliphatic carbocycles. The van der Waals surface area contributed by atoms with Crippen molar-refractivity contribution in [1.29, 1.82) is 0 Å². The topological polar surface area (TPSA) is 61.8 Å². The van der Waals surface area contributed by atoms with Gasteiger partial charge in [-0.2, -0.15) is 0 Å². The van der Waals surface area contributed by atoms with E-state index in [1.807, 2.05) is 55.5 Å². The van der Waals surface area contributed by atoms with E-state index in [1.54, 1.807) is 13.3 Å². The van der Waals surface area contributed by atoms with Crippen molar-refractivity contribution < 1.29 is 18.9 Å². The minimum Gasteiger partial charge on any atom is -0.493 e. The van der Waals surface area contributed by atoms with Crippen LogP contribution in [0.5, 0.6) is 28.9 Å². The highest BCUT2D eigenvalue weighted by atomic mass is 16.7. The quantitative estimate of drug-likeness (QED) is 0.665. The van der Waals surface area contributed by atoms with Crippen LogP contribution in [0.15, 0.2) is 54.7 Å². The fourth-order valence-electron chi connectivity index (χ4n) is 3.05. The molecule has 1 aromatic heterocycles. The zero-order chi connectivity index (χ0) is 19.3. The van der Waals surface area contributed by atoms with E-state index in [0.717, 1.165) is 22.4 Å². The molecule has 1 N–H and O–H groups in total. The summed E-state index contributed by atoms with van der Waals surface area (Å²) in [6, 6.07) is 15.7. The van der Waals surface area contributed by atoms with Crippen LogP contribution in [-0.4, -0.2) is 18.9 Å². The lowest BCUT2D eigenvalue weighted by Gasteiger charge is -2.13. The monoisotopic (exact) mass is 378 g/mol. The van der Waals surface area contributed by atoms with Crippen molar-refractivity contribution in [1.82, 2.24) is 10.3 Å². The number of pyridine rings is 1. The third-order valence-corrected chi connectivity index (χ3v) is 4.51. The number of aromatic nitrogens is 1. The van der Waals surface area contributed by atoms with Gasteiger partial charge < -0.3 is 24.3 Å². The minimum absolute atomic E-state index is 0.220. The Morgan fingerprint density at radius 2 is 1.93 bits per heavy atom. The molecule has 3 aromatic rings. The van der Waals surface area contributed by atoms with Gasteiger partial charge in [0.2, 0.25) is 18.4 Å². The Hall–Kier alpha value is -3.25. The fourth-order valence-corrected chi connectivity index (χ4v) is 3.05. The Balaban J connectivity index is 1.44. The molecular formula is C22H22N2O4. The first-order chi connectivity index (χ1) is 13.7. The molecule has 0 fully saturated rings. The van der Waals surface area contributed by atoms with E-state index >= 15 is 0 Å². The number of nitrogens with zero attached hydrogens (tertiary/aromatic N) is 1. The number of hydrogen-bond donors (Lipinski definition) is 1. The third-order valence-electron chi connectivity index (χ3n) is 4.51. The molecule has 6 heteroatoms. The number of hydrogen-bond acceptors (Lipinski definition) is 6. The van der Waals surface area contributed by atoms with Crippen molar-refractivity contribution in [3.05, 3.63) is 71.4 Å². The van der Waals surface area contributed by atoms with Crippen LogP contribution in [0, 0.1) is 6.92 Å². The average Bonchev–Trinajstić information content (AvgIpc) is 3.19. The molecule has 4 rings (SSSR count). The normalized spacial score (nSPS) is 12.1. The summed E-state index contributed by atoms with van der Waals surface area (Å²) >= 11 is 0. The van der Waals surface area contributed by atoms with Crippen molar-refractivity contribution in [2.24, 2.45) is 0 Å². The van der Waals surface area contributed by atoms with E-state index in [4.69, 9.17) is 18.9 Å². The van der Waals surface area contributed by atoms with E-state index in [-0.39, 0.29) is 6.79 Å². The molecule has 28 heavy (non-hydrogen) atoms. The van der Waals surface area contributed by atoms with Crippen molar-refractivity contribution in [2.75, 3.05) is 13.9 Å². The number of methoxy groups -OCH3 is 1. The number of benzene rings is 2. The van der Waals surface area contributed by atoms with Crippen LogP contribution in [0.25, 0.3) is 0 Å². The average molecular weight is 378 g/mol. The molecule has 0 saturated heterocycles. The maximum atomic E-state index is 6.03. The van der Waals surface area contributed by atoms with E-state index in [9.17, 15) is 0 Å². The van der Waals surface area contributed by atoms with Gasteiger partial charge in [-0.3, -0.25) is 0 Å². The summed E-state index contributed by atoms with van der Waals surface area (Å²) in [5.41, 5.74) is 3.10. The van der Waals surface area contributed by atoms with Crippen LogP contribution < -0.4 is 24.3 Å². The molecular weight excluding hydrogens is 356 g/mol. The number of nitrogens with one attached hydrogen (secondary N) is 1. The Bertz CT molecular complexity index is 975. The number of ether oxygens (including phenoxy) is 4. The highest BCUT2D eigenvalue weighted by molar-refractivity contribution is 5.55. The van der Waals surface area contributed by atoms with Crippen molar-refractivity contribution in [2.45, 2.75) is 20.0 Å². The van der Waals surface area contributed by atoms with Crippen LogP contribution in [0.1, 0.15) is 16.7 Å². The summed E-state index contributed by atoms with van der Waals surface area (Å²) < 4.78 is 22.4. The highest BCUT2D eigenvalue weighted by Gasteiger charge is 2.20. The largest absolute Gasteiger partial charge is 0.493 e. The summed E-state index contributed by atoms with van der Waals surface area (Å²) in [4.78, 5) is 4.40. The molecule has 1 aliphatic heterocycles. The summed E-state index contributed by atoms with van der Waals surface area (Å²) in [7, 11) is 1.62. The van der Waals surface area contributed by atoms with Gasteiger partial charge in [0.15, 0.2) is 11.5 Å². The first-order valence-corrected chi connectivity index (χ1v) is 9.09. The Morgan fingerprint density at radius 1 is 1.04 bits per heavy atom. The molecule has 2 aromatic carbocycles. The Morgan fingerprint density at radius 3 is 2.79 bits per heavy atom. The molecule has 1 aliphatic rings. The molecule has 0 radical (unpaired) electrons. The lowest BCUT2D eigenvalue weighted by Crippen LogP contribution is -2.13. The lowest BCUT2D eigenvalue weighted by atomic mass is 10.1. The molecule has 6 nitrogen and oxygen atoms in total. The van der Waals surface area contributed by atoms with Crippen molar-refractivity contribution in [3.8, 4) is 28.9 Å². The first kappa shape index (κ1) is 18.1. The molecule has 2 heterocycles. The molecule has 0 unspecified atom stereocenters. The number of rotatable bonds is 7. The summed E-state index contributed by atoms with van der Waals surface area (Å²) in [5.74, 6) is 3.46. The minimum atomic E-state index is 0.220. The Labute approximate surface area is 164 Å². The van der Waals surface area contributed by atoms with E-state index in [2.05, 4.69) is 10.3 Å². The maximum Gasteiger partial charge on any atom is 0.231 e. The molecule has 0 amide bonds. The zero-order valence-corrected chi connectivity index (χ0v) is 15.9. The van der Waals surface area contributed by atoms with Gasteiger partial charge in [-0.15, -0.1) is 0 Å². The van der Waals surface area contributed by atoms with Crippen LogP contribution in [0.2, 0.25) is 0 Å². The second-order valence-corrected chi connectivity index (χ2v) is 6.47. The van der Waals surface area contributed by atoms with E-state index in [0.29, 0.717) is 36.2 Å². The van der Waals surface area contributed by atoms with Gasteiger partial charge in [-0.1, -0.05) is 24.3 Å². The summed E-state index contributed by atoms with van der Waals surface area (Å²) in [6.07, 6.45) is 1.74. The van der Waals surface area contributed by atoms with Gasteiger partial charge in [0.25, 0.3) is 0 Å². The molecule has 144 valence electrons. The van der Waals surface area contributed by atoms with Gasteiger partial charge in [-0.25, -0.2) is 4.98 Å². The SMILES string of the molecule is COc1cc(CNCc2cccnc2Oc2ccccc2C)cc2c1OCO2. The van der Waals surface area contributed by atoms with Crippen LogP contribution in [-0.2, 0) is 13.1 Å².